The quantitative estimate of drug-likeness (QED) is 0.115. The van der Waals surface area contributed by atoms with Crippen LogP contribution in [0, 0.1) is 0 Å². The van der Waals surface area contributed by atoms with Crippen LogP contribution in [0.25, 0.3) is 144 Å². The van der Waals surface area contributed by atoms with E-state index in [0.717, 1.165) is 67.2 Å². The number of benzene rings is 17. The van der Waals surface area contributed by atoms with E-state index < -0.39 is 0 Å². The maximum Gasteiger partial charge on any atom is 0.143 e. The smallest absolute Gasteiger partial charge is 0.143 e. The maximum absolute atomic E-state index is 6.45. The lowest BCUT2D eigenvalue weighted by Gasteiger charge is -2.28. The Labute approximate surface area is 640 Å². The molecule has 0 N–H and O–H groups in total. The van der Waals surface area contributed by atoms with Crippen molar-refractivity contribution in [3.05, 3.63) is 424 Å². The molecule has 3 aromatic heterocycles. The monoisotopic (exact) mass is 1410 g/mol. The van der Waals surface area contributed by atoms with Crippen LogP contribution in [0.2, 0.25) is 0 Å². The Balaban J connectivity index is 0.000000147. The highest BCUT2D eigenvalue weighted by Gasteiger charge is 2.36. The summed E-state index contributed by atoms with van der Waals surface area (Å²) >= 11 is 0. The minimum absolute atomic E-state index is 0.116. The molecule has 3 heterocycles. The summed E-state index contributed by atoms with van der Waals surface area (Å²) in [4.78, 5) is 4.73. The van der Waals surface area contributed by atoms with Gasteiger partial charge in [-0.05, 0) is 212 Å². The molecule has 110 heavy (non-hydrogen) atoms. The zero-order valence-corrected chi connectivity index (χ0v) is 61.0. The van der Waals surface area contributed by atoms with Gasteiger partial charge in [0.05, 0.1) is 22.1 Å². The maximum atomic E-state index is 6.45. The highest BCUT2D eigenvalue weighted by molar-refractivity contribution is 6.13. The summed E-state index contributed by atoms with van der Waals surface area (Å²) in [6.45, 7) is 4.70. The lowest BCUT2D eigenvalue weighted by molar-refractivity contribution is 0.660. The summed E-state index contributed by atoms with van der Waals surface area (Å²) < 4.78 is 11.2. The minimum atomic E-state index is -0.116. The van der Waals surface area contributed by atoms with Gasteiger partial charge >= 0.3 is 0 Å². The van der Waals surface area contributed by atoms with Crippen molar-refractivity contribution in [1.29, 1.82) is 0 Å². The molecule has 1 aliphatic carbocycles. The molecular formula is C105H74N4O. The van der Waals surface area contributed by atoms with Gasteiger partial charge in [-0.1, -0.05) is 287 Å². The third-order valence-electron chi connectivity index (χ3n) is 22.4. The van der Waals surface area contributed by atoms with E-state index in [1.54, 1.807) is 0 Å². The number of furan rings is 1. The zero-order chi connectivity index (χ0) is 73.2. The number of nitrogens with zero attached hydrogens (tertiary/aromatic N) is 4. The van der Waals surface area contributed by atoms with Crippen LogP contribution in [0.5, 0.6) is 0 Å². The first-order chi connectivity index (χ1) is 54.3. The molecule has 1 aliphatic rings. The number of hydrogen-bond acceptors (Lipinski definition) is 3. The highest BCUT2D eigenvalue weighted by atomic mass is 16.3. The van der Waals surface area contributed by atoms with E-state index in [-0.39, 0.29) is 5.41 Å². The molecule has 5 heteroatoms. The third-order valence-corrected chi connectivity index (χ3v) is 22.4. The van der Waals surface area contributed by atoms with Gasteiger partial charge in [0, 0.05) is 88.8 Å². The van der Waals surface area contributed by atoms with Crippen molar-refractivity contribution in [2.75, 3.05) is 9.80 Å². The number of hydrogen-bond donors (Lipinski definition) is 0. The van der Waals surface area contributed by atoms with Crippen LogP contribution in [0.3, 0.4) is 0 Å². The van der Waals surface area contributed by atoms with Crippen LogP contribution >= 0.6 is 0 Å². The number of rotatable bonds is 13. The fourth-order valence-electron chi connectivity index (χ4n) is 17.0. The van der Waals surface area contributed by atoms with Gasteiger partial charge in [0.1, 0.15) is 11.2 Å². The summed E-state index contributed by atoms with van der Waals surface area (Å²) in [5.41, 5.74) is 32.7. The molecule has 0 atom stereocenters. The number of para-hydroxylation sites is 6. The Morgan fingerprint density at radius 3 is 1.05 bits per heavy atom. The molecule has 0 radical (unpaired) electrons. The molecule has 20 aromatic rings. The topological polar surface area (TPSA) is 29.5 Å². The van der Waals surface area contributed by atoms with E-state index in [9.17, 15) is 0 Å². The molecule has 0 bridgehead atoms. The second-order valence-electron chi connectivity index (χ2n) is 29.2. The minimum Gasteiger partial charge on any atom is -0.455 e. The molecule has 0 amide bonds. The summed E-state index contributed by atoms with van der Waals surface area (Å²) in [6.07, 6.45) is 0. The Morgan fingerprint density at radius 2 is 0.555 bits per heavy atom. The first-order valence-electron chi connectivity index (χ1n) is 37.9. The lowest BCUT2D eigenvalue weighted by Crippen LogP contribution is -2.16. The number of fused-ring (bicyclic) bond motifs is 12. The zero-order valence-electron chi connectivity index (χ0n) is 61.0. The SMILES string of the molecule is CC1(C)c2ccccc2-c2ccc(N(c3ccc(-c4ccc5c(c4)c4ccccc4n5-c4ccccc4)cc3)c3ccc(-c4cccc5c4oc4ccccc45)cc3)cc21.c1ccc(-c2ccc(N(c3ccc(-c4ccccc4)cc3)c3ccc(-c4ccc5c(c4)c4ccccc4n5-c4ccccc4)cc3)cc2)cc1. The first-order valence-corrected chi connectivity index (χ1v) is 37.9. The van der Waals surface area contributed by atoms with Crippen LogP contribution in [-0.2, 0) is 5.41 Å². The van der Waals surface area contributed by atoms with Gasteiger partial charge in [-0.2, -0.15) is 0 Å². The van der Waals surface area contributed by atoms with E-state index in [0.29, 0.717) is 0 Å². The van der Waals surface area contributed by atoms with Gasteiger partial charge in [-0.25, -0.2) is 0 Å². The summed E-state index contributed by atoms with van der Waals surface area (Å²) in [6, 6.07) is 149. The van der Waals surface area contributed by atoms with Gasteiger partial charge in [-0.15, -0.1) is 0 Å². The molecule has 520 valence electrons. The third kappa shape index (κ3) is 11.5. The number of anilines is 6. The Bertz CT molecular complexity index is 6720. The number of aromatic nitrogens is 2. The molecule has 17 aromatic carbocycles. The van der Waals surface area contributed by atoms with Crippen molar-refractivity contribution < 1.29 is 4.42 Å². The van der Waals surface area contributed by atoms with Crippen molar-refractivity contribution in [3.8, 4) is 78.1 Å². The van der Waals surface area contributed by atoms with Crippen LogP contribution in [0.1, 0.15) is 25.0 Å². The Kier molecular flexibility index (Phi) is 16.2. The summed E-state index contributed by atoms with van der Waals surface area (Å²) in [5, 5.41) is 7.29. The fourth-order valence-corrected chi connectivity index (χ4v) is 17.0. The standard InChI is InChI=1S/C57H40N2O.C48H34N2/c1-57(2)51-20-9-6-15-45(51)46-33-32-43(36-52(46)57)58(42-30-25-38(26-31-42)44-18-12-19-49-48-17-8-11-22-55(48)60-56(44)49)41-28-23-37(24-29-41)39-27-34-54-50(35-39)47-16-7-10-21-53(47)59(54)40-13-4-3-5-14-40;1-4-12-35(13-5-1)37-20-27-42(28-21-37)49(43-29-22-38(23-30-43)36-14-6-2-7-15-36)44-31-24-39(25-32-44)40-26-33-48-46(34-40)45-18-10-11-19-47(45)50(48)41-16-8-3-9-17-41/h3-36H,1-2H3;1-34H. The van der Waals surface area contributed by atoms with Crippen LogP contribution in [-0.4, -0.2) is 9.13 Å². The molecule has 0 saturated carbocycles. The Hall–Kier alpha value is -14.3. The fraction of sp³-hybridized carbons (Fsp3) is 0.0286. The molecule has 0 unspecified atom stereocenters. The van der Waals surface area contributed by atoms with Gasteiger partial charge in [0.25, 0.3) is 0 Å². The molecule has 5 nitrogen and oxygen atoms in total. The normalized spacial score (nSPS) is 12.2. The second kappa shape index (κ2) is 27.3. The highest BCUT2D eigenvalue weighted by Crippen LogP contribution is 2.52. The molecule has 0 fully saturated rings. The van der Waals surface area contributed by atoms with Crippen molar-refractivity contribution in [1.82, 2.24) is 9.13 Å². The van der Waals surface area contributed by atoms with E-state index in [1.807, 2.05) is 12.1 Å². The lowest BCUT2D eigenvalue weighted by atomic mass is 9.82. The molecule has 0 spiro atoms. The Morgan fingerprint density at radius 1 is 0.218 bits per heavy atom. The van der Waals surface area contributed by atoms with Crippen LogP contribution in [0.15, 0.2) is 417 Å². The van der Waals surface area contributed by atoms with Crippen molar-refractivity contribution in [2.24, 2.45) is 0 Å². The second-order valence-corrected chi connectivity index (χ2v) is 29.2. The van der Waals surface area contributed by atoms with E-state index >= 15 is 0 Å². The summed E-state index contributed by atoms with van der Waals surface area (Å²) in [5.74, 6) is 0. The van der Waals surface area contributed by atoms with E-state index in [4.69, 9.17) is 4.42 Å². The van der Waals surface area contributed by atoms with Crippen molar-refractivity contribution in [2.45, 2.75) is 19.3 Å². The molecule has 21 rings (SSSR count). The summed E-state index contributed by atoms with van der Waals surface area (Å²) in [7, 11) is 0. The van der Waals surface area contributed by atoms with Crippen molar-refractivity contribution >= 4 is 99.7 Å². The molecule has 0 saturated heterocycles. The van der Waals surface area contributed by atoms with Gasteiger partial charge in [0.15, 0.2) is 0 Å². The van der Waals surface area contributed by atoms with E-state index in [1.165, 1.54) is 122 Å². The van der Waals surface area contributed by atoms with Gasteiger partial charge < -0.3 is 23.4 Å². The molecule has 0 aliphatic heterocycles. The molecular weight excluding hydrogens is 1330 g/mol. The van der Waals surface area contributed by atoms with E-state index in [2.05, 4.69) is 433 Å². The first kappa shape index (κ1) is 65.3. The predicted octanol–water partition coefficient (Wildman–Crippen LogP) is 29.0. The van der Waals surface area contributed by atoms with Crippen LogP contribution in [0.4, 0.5) is 34.1 Å². The largest absolute Gasteiger partial charge is 0.455 e. The predicted molar refractivity (Wildman–Crippen MR) is 463 cm³/mol. The van der Waals surface area contributed by atoms with Crippen molar-refractivity contribution in [3.63, 3.8) is 0 Å². The van der Waals surface area contributed by atoms with Crippen LogP contribution < -0.4 is 9.80 Å². The average Bonchev–Trinajstić information content (AvgIpc) is 1.57. The van der Waals surface area contributed by atoms with Gasteiger partial charge in [0.2, 0.25) is 0 Å². The van der Waals surface area contributed by atoms with Gasteiger partial charge in [-0.3, -0.25) is 0 Å². The average molecular weight is 1410 g/mol.